The standard InChI is InChI=1S/C23H32BF2N3O4/c1-21(2,3)31-20(30)28-11-10-17(16(26)13-28)29-18-12-14(25)8-9-15(18)19(27-29)24-32-22(4,5)23(6,7)33-24/h8-9,12,16-17H,10-11,13H2,1-7H3/t16-,17+/m0/s1. The van der Waals surface area contributed by atoms with Crippen molar-refractivity contribution in [3.05, 3.63) is 24.0 Å². The Labute approximate surface area is 193 Å². The molecule has 1 aromatic heterocycles. The number of nitrogens with zero attached hydrogens (tertiary/aromatic N) is 3. The van der Waals surface area contributed by atoms with Gasteiger partial charge in [0.2, 0.25) is 0 Å². The third kappa shape index (κ3) is 4.47. The number of rotatable bonds is 2. The van der Waals surface area contributed by atoms with E-state index in [1.54, 1.807) is 26.8 Å². The Hall–Kier alpha value is -2.20. The van der Waals surface area contributed by atoms with Gasteiger partial charge in [0.25, 0.3) is 0 Å². The van der Waals surface area contributed by atoms with Gasteiger partial charge in [-0.25, -0.2) is 13.6 Å². The third-order valence-electron chi connectivity index (χ3n) is 6.65. The molecule has 2 aliphatic rings. The molecule has 1 amide bonds. The van der Waals surface area contributed by atoms with Gasteiger partial charge in [0.1, 0.15) is 23.2 Å². The van der Waals surface area contributed by atoms with Crippen molar-refractivity contribution in [2.24, 2.45) is 0 Å². The van der Waals surface area contributed by atoms with Crippen molar-refractivity contribution < 1.29 is 27.6 Å². The molecule has 2 aromatic rings. The Morgan fingerprint density at radius 1 is 1.21 bits per heavy atom. The zero-order valence-electron chi connectivity index (χ0n) is 20.3. The summed E-state index contributed by atoms with van der Waals surface area (Å²) in [4.78, 5) is 13.8. The average Bonchev–Trinajstić information content (AvgIpc) is 3.13. The van der Waals surface area contributed by atoms with Crippen LogP contribution >= 0.6 is 0 Å². The summed E-state index contributed by atoms with van der Waals surface area (Å²) in [5.74, 6) is -0.439. The quantitative estimate of drug-likeness (QED) is 0.631. The molecule has 7 nitrogen and oxygen atoms in total. The predicted molar refractivity (Wildman–Crippen MR) is 122 cm³/mol. The highest BCUT2D eigenvalue weighted by molar-refractivity contribution is 6.64. The number of benzene rings is 1. The fourth-order valence-corrected chi connectivity index (χ4v) is 4.18. The van der Waals surface area contributed by atoms with Gasteiger partial charge in [-0.15, -0.1) is 0 Å². The normalized spacial score (nSPS) is 25.0. The van der Waals surface area contributed by atoms with Gasteiger partial charge in [-0.2, -0.15) is 5.10 Å². The summed E-state index contributed by atoms with van der Waals surface area (Å²) in [7, 11) is -0.760. The molecule has 4 rings (SSSR count). The van der Waals surface area contributed by atoms with Crippen LogP contribution in [0.4, 0.5) is 13.6 Å². The van der Waals surface area contributed by atoms with Gasteiger partial charge in [0.15, 0.2) is 0 Å². The Morgan fingerprint density at radius 2 is 1.85 bits per heavy atom. The highest BCUT2D eigenvalue weighted by Gasteiger charge is 2.53. The van der Waals surface area contributed by atoms with Crippen LogP contribution in [0.15, 0.2) is 18.2 Å². The first-order valence-electron chi connectivity index (χ1n) is 11.3. The van der Waals surface area contributed by atoms with Crippen molar-refractivity contribution in [2.45, 2.75) is 83.9 Å². The minimum atomic E-state index is -1.40. The van der Waals surface area contributed by atoms with Gasteiger partial charge in [-0.05, 0) is 73.1 Å². The number of amides is 1. The minimum absolute atomic E-state index is 0.123. The topological polar surface area (TPSA) is 65.8 Å². The largest absolute Gasteiger partial charge is 0.517 e. The highest BCUT2D eigenvalue weighted by Crippen LogP contribution is 2.37. The Bertz CT molecular complexity index is 1050. The van der Waals surface area contributed by atoms with E-state index in [4.69, 9.17) is 14.0 Å². The van der Waals surface area contributed by atoms with Crippen LogP contribution in [-0.2, 0) is 14.0 Å². The molecule has 2 saturated heterocycles. The molecule has 0 spiro atoms. The van der Waals surface area contributed by atoms with Gasteiger partial charge in [-0.1, -0.05) is 0 Å². The Balaban J connectivity index is 1.64. The van der Waals surface area contributed by atoms with E-state index < -0.39 is 48.0 Å². The number of likely N-dealkylation sites (tertiary alicyclic amines) is 1. The lowest BCUT2D eigenvalue weighted by Crippen LogP contribution is -2.47. The summed E-state index contributed by atoms with van der Waals surface area (Å²) in [6.07, 6.45) is -1.63. The van der Waals surface area contributed by atoms with Crippen LogP contribution < -0.4 is 5.59 Å². The van der Waals surface area contributed by atoms with Crippen molar-refractivity contribution >= 4 is 29.7 Å². The molecule has 33 heavy (non-hydrogen) atoms. The molecule has 1 aromatic carbocycles. The number of carbonyl (C=O) groups excluding carboxylic acids is 1. The molecule has 2 atom stereocenters. The van der Waals surface area contributed by atoms with Crippen molar-refractivity contribution in [1.29, 1.82) is 0 Å². The lowest BCUT2D eigenvalue weighted by atomic mass is 9.82. The van der Waals surface area contributed by atoms with E-state index in [2.05, 4.69) is 5.10 Å². The monoisotopic (exact) mass is 463 g/mol. The number of aromatic nitrogens is 2. The first-order valence-corrected chi connectivity index (χ1v) is 11.3. The maximum Gasteiger partial charge on any atom is 0.517 e. The van der Waals surface area contributed by atoms with E-state index in [1.165, 1.54) is 21.7 Å². The van der Waals surface area contributed by atoms with Gasteiger partial charge in [-0.3, -0.25) is 4.68 Å². The molecular formula is C23H32BF2N3O4. The van der Waals surface area contributed by atoms with Crippen LogP contribution in [0, 0.1) is 5.82 Å². The van der Waals surface area contributed by atoms with Crippen LogP contribution in [-0.4, -0.2) is 64.0 Å². The molecular weight excluding hydrogens is 431 g/mol. The summed E-state index contributed by atoms with van der Waals surface area (Å²) in [6.45, 7) is 13.3. The fraction of sp³-hybridized carbons (Fsp3) is 0.652. The smallest absolute Gasteiger partial charge is 0.444 e. The Kier molecular flexibility index (Phi) is 5.76. The first kappa shape index (κ1) is 23.9. The van der Waals surface area contributed by atoms with Gasteiger partial charge < -0.3 is 18.9 Å². The maximum absolute atomic E-state index is 15.4. The summed E-state index contributed by atoms with van der Waals surface area (Å²) < 4.78 is 48.8. The van der Waals surface area contributed by atoms with Crippen molar-refractivity contribution in [1.82, 2.24) is 14.7 Å². The van der Waals surface area contributed by atoms with Gasteiger partial charge >= 0.3 is 13.2 Å². The summed E-state index contributed by atoms with van der Waals surface area (Å²) in [5, 5.41) is 5.32. The zero-order chi connectivity index (χ0) is 24.3. The molecule has 180 valence electrons. The van der Waals surface area contributed by atoms with Crippen LogP contribution in [0.1, 0.15) is 60.9 Å². The number of ether oxygens (including phenoxy) is 1. The summed E-state index contributed by atoms with van der Waals surface area (Å²) in [5.41, 5.74) is -0.846. The lowest BCUT2D eigenvalue weighted by molar-refractivity contribution is 0.00578. The highest BCUT2D eigenvalue weighted by atomic mass is 19.1. The molecule has 10 heteroatoms. The molecule has 0 N–H and O–H groups in total. The SMILES string of the molecule is CC(C)(C)OC(=O)N1CC[C@@H](n2nc(B3OC(C)(C)C(C)(C)O3)c3ccc(F)cc32)[C@@H](F)C1. The van der Waals surface area contributed by atoms with E-state index in [-0.39, 0.29) is 6.54 Å². The fourth-order valence-electron chi connectivity index (χ4n) is 4.18. The summed E-state index contributed by atoms with van der Waals surface area (Å²) in [6, 6.07) is 3.66. The number of hydrogen-bond donors (Lipinski definition) is 0. The van der Waals surface area contributed by atoms with Crippen LogP contribution in [0.3, 0.4) is 0 Å². The number of fused-ring (bicyclic) bond motifs is 1. The van der Waals surface area contributed by atoms with Crippen LogP contribution in [0.25, 0.3) is 10.9 Å². The Morgan fingerprint density at radius 3 is 2.42 bits per heavy atom. The molecule has 0 aliphatic carbocycles. The molecule has 0 bridgehead atoms. The van der Waals surface area contributed by atoms with E-state index in [0.29, 0.717) is 29.5 Å². The number of piperidine rings is 1. The number of alkyl halides is 1. The number of hydrogen-bond acceptors (Lipinski definition) is 5. The van der Waals surface area contributed by atoms with E-state index in [9.17, 15) is 9.18 Å². The maximum atomic E-state index is 15.4. The van der Waals surface area contributed by atoms with Gasteiger partial charge in [0, 0.05) is 11.9 Å². The van der Waals surface area contributed by atoms with Crippen LogP contribution in [0.2, 0.25) is 0 Å². The minimum Gasteiger partial charge on any atom is -0.444 e. The molecule has 0 radical (unpaired) electrons. The molecule has 0 saturated carbocycles. The first-order chi connectivity index (χ1) is 15.2. The summed E-state index contributed by atoms with van der Waals surface area (Å²) >= 11 is 0. The molecule has 0 unspecified atom stereocenters. The van der Waals surface area contributed by atoms with E-state index in [0.717, 1.165) is 0 Å². The third-order valence-corrected chi connectivity index (χ3v) is 6.65. The van der Waals surface area contributed by atoms with E-state index >= 15 is 4.39 Å². The molecule has 2 fully saturated rings. The van der Waals surface area contributed by atoms with E-state index in [1.807, 2.05) is 27.7 Å². The molecule has 3 heterocycles. The average molecular weight is 463 g/mol. The van der Waals surface area contributed by atoms with Crippen molar-refractivity contribution in [3.63, 3.8) is 0 Å². The lowest BCUT2D eigenvalue weighted by Gasteiger charge is -2.35. The van der Waals surface area contributed by atoms with Crippen molar-refractivity contribution in [2.75, 3.05) is 13.1 Å². The number of carbonyl (C=O) groups is 1. The predicted octanol–water partition coefficient (Wildman–Crippen LogP) is 3.99. The second-order valence-corrected chi connectivity index (χ2v) is 10.9. The molecule has 2 aliphatic heterocycles. The second kappa shape index (κ2) is 7.94. The van der Waals surface area contributed by atoms with Crippen LogP contribution in [0.5, 0.6) is 0 Å². The second-order valence-electron chi connectivity index (χ2n) is 10.9. The van der Waals surface area contributed by atoms with Crippen molar-refractivity contribution in [3.8, 4) is 0 Å². The zero-order valence-corrected chi connectivity index (χ0v) is 20.3. The number of halogens is 2. The van der Waals surface area contributed by atoms with Gasteiger partial charge in [0.05, 0.1) is 29.3 Å².